The summed E-state index contributed by atoms with van der Waals surface area (Å²) in [6, 6.07) is 0.582. The average molecular weight is 230 g/mol. The van der Waals surface area contributed by atoms with Gasteiger partial charge in [0, 0.05) is 12.6 Å². The van der Waals surface area contributed by atoms with E-state index in [4.69, 9.17) is 4.74 Å². The van der Waals surface area contributed by atoms with E-state index >= 15 is 0 Å². The normalized spacial score (nSPS) is 11.2. The molecule has 0 aliphatic rings. The fourth-order valence-corrected chi connectivity index (χ4v) is 1.19. The molecule has 1 amide bonds. The Morgan fingerprint density at radius 3 is 2.38 bits per heavy atom. The van der Waals surface area contributed by atoms with Gasteiger partial charge in [-0.05, 0) is 54.1 Å². The van der Waals surface area contributed by atoms with Crippen molar-refractivity contribution in [1.29, 1.82) is 0 Å². The van der Waals surface area contributed by atoms with Crippen molar-refractivity contribution in [3.8, 4) is 0 Å². The number of hydrogen-bond donors (Lipinski definition) is 1. The third-order valence-electron chi connectivity index (χ3n) is 2.43. The first kappa shape index (κ1) is 15.2. The van der Waals surface area contributed by atoms with Gasteiger partial charge in [0.15, 0.2) is 0 Å². The summed E-state index contributed by atoms with van der Waals surface area (Å²) in [5.41, 5.74) is 0. The summed E-state index contributed by atoms with van der Waals surface area (Å²) < 4.78 is 4.96. The van der Waals surface area contributed by atoms with Crippen LogP contribution in [0, 0.1) is 0 Å². The number of unbranched alkanes of at least 4 members (excludes halogenated alkanes) is 1. The third kappa shape index (κ3) is 8.53. The van der Waals surface area contributed by atoms with Crippen LogP contribution in [0.2, 0.25) is 0 Å². The Hall–Kier alpha value is -0.770. The lowest BCUT2D eigenvalue weighted by atomic mass is 10.2. The Kier molecular flexibility index (Phi) is 7.99. The highest BCUT2D eigenvalue weighted by atomic mass is 16.6. The lowest BCUT2D eigenvalue weighted by Gasteiger charge is -2.20. The minimum atomic E-state index is -0.313. The van der Waals surface area contributed by atoms with Gasteiger partial charge in [-0.15, -0.1) is 0 Å². The molecule has 16 heavy (non-hydrogen) atoms. The molecule has 4 heteroatoms. The monoisotopic (exact) mass is 230 g/mol. The summed E-state index contributed by atoms with van der Waals surface area (Å²) in [5.74, 6) is 0. The first-order chi connectivity index (χ1) is 7.43. The van der Waals surface area contributed by atoms with Gasteiger partial charge in [0.1, 0.15) is 0 Å². The van der Waals surface area contributed by atoms with E-state index in [1.165, 1.54) is 0 Å². The predicted octanol–water partition coefficient (Wildman–Crippen LogP) is 2.24. The van der Waals surface area contributed by atoms with Crippen LogP contribution in [-0.2, 0) is 4.74 Å². The molecule has 4 nitrogen and oxygen atoms in total. The van der Waals surface area contributed by atoms with E-state index in [1.807, 2.05) is 13.8 Å². The first-order valence-corrected chi connectivity index (χ1v) is 6.08. The van der Waals surface area contributed by atoms with Gasteiger partial charge in [-0.1, -0.05) is 0 Å². The Morgan fingerprint density at radius 1 is 1.25 bits per heavy atom. The fourth-order valence-electron chi connectivity index (χ4n) is 1.19. The summed E-state index contributed by atoms with van der Waals surface area (Å²) in [6.45, 7) is 9.81. The maximum atomic E-state index is 11.1. The van der Waals surface area contributed by atoms with Crippen LogP contribution >= 0.6 is 0 Å². The number of carbonyl (C=O) groups is 1. The Bertz CT molecular complexity index is 193. The number of hydrogen-bond acceptors (Lipinski definition) is 3. The zero-order chi connectivity index (χ0) is 12.6. The van der Waals surface area contributed by atoms with Gasteiger partial charge in [-0.3, -0.25) is 0 Å². The lowest BCUT2D eigenvalue weighted by Crippen LogP contribution is -2.30. The molecule has 0 heterocycles. The maximum absolute atomic E-state index is 11.1. The molecule has 0 rings (SSSR count). The molecule has 0 aromatic rings. The second kappa shape index (κ2) is 8.39. The quantitative estimate of drug-likeness (QED) is 0.682. The molecular formula is C12H26N2O2. The third-order valence-corrected chi connectivity index (χ3v) is 2.43. The van der Waals surface area contributed by atoms with Crippen molar-refractivity contribution in [2.24, 2.45) is 0 Å². The Balaban J connectivity index is 3.37. The average Bonchev–Trinajstić information content (AvgIpc) is 2.15. The summed E-state index contributed by atoms with van der Waals surface area (Å²) in [6.07, 6.45) is 1.72. The number of alkyl carbamates (subject to hydrolysis) is 1. The maximum Gasteiger partial charge on any atom is 0.407 e. The topological polar surface area (TPSA) is 41.6 Å². The van der Waals surface area contributed by atoms with Crippen LogP contribution in [-0.4, -0.2) is 43.3 Å². The minimum Gasteiger partial charge on any atom is -0.447 e. The van der Waals surface area contributed by atoms with E-state index in [9.17, 15) is 4.79 Å². The molecule has 0 spiro atoms. The summed E-state index contributed by atoms with van der Waals surface area (Å²) in [5, 5.41) is 2.74. The predicted molar refractivity (Wildman–Crippen MR) is 66.6 cm³/mol. The molecule has 1 N–H and O–H groups in total. The molecule has 0 bridgehead atoms. The van der Waals surface area contributed by atoms with E-state index in [0.29, 0.717) is 12.6 Å². The van der Waals surface area contributed by atoms with Crippen molar-refractivity contribution in [1.82, 2.24) is 10.2 Å². The van der Waals surface area contributed by atoms with Crippen LogP contribution in [0.3, 0.4) is 0 Å². The lowest BCUT2D eigenvalue weighted by molar-refractivity contribution is 0.115. The Labute approximate surface area is 99.3 Å². The summed E-state index contributed by atoms with van der Waals surface area (Å²) in [7, 11) is 2.12. The van der Waals surface area contributed by atoms with Crippen molar-refractivity contribution in [3.63, 3.8) is 0 Å². The zero-order valence-corrected chi connectivity index (χ0v) is 11.2. The van der Waals surface area contributed by atoms with Crippen molar-refractivity contribution < 1.29 is 9.53 Å². The highest BCUT2D eigenvalue weighted by Gasteiger charge is 2.04. The second-order valence-electron chi connectivity index (χ2n) is 4.66. The summed E-state index contributed by atoms with van der Waals surface area (Å²) in [4.78, 5) is 13.4. The number of ether oxygens (including phenoxy) is 1. The van der Waals surface area contributed by atoms with Gasteiger partial charge >= 0.3 is 6.09 Å². The number of carbonyl (C=O) groups excluding carboxylic acids is 1. The minimum absolute atomic E-state index is 0.0490. The van der Waals surface area contributed by atoms with Crippen molar-refractivity contribution >= 4 is 6.09 Å². The van der Waals surface area contributed by atoms with Crippen LogP contribution in [0.15, 0.2) is 0 Å². The van der Waals surface area contributed by atoms with Crippen LogP contribution in [0.1, 0.15) is 40.5 Å². The van der Waals surface area contributed by atoms with E-state index in [-0.39, 0.29) is 12.2 Å². The van der Waals surface area contributed by atoms with Crippen molar-refractivity contribution in [2.75, 3.05) is 20.1 Å². The van der Waals surface area contributed by atoms with E-state index in [1.54, 1.807) is 0 Å². The van der Waals surface area contributed by atoms with Gasteiger partial charge in [0.2, 0.25) is 0 Å². The smallest absolute Gasteiger partial charge is 0.407 e. The molecule has 96 valence electrons. The van der Waals surface area contributed by atoms with Gasteiger partial charge < -0.3 is 15.0 Å². The first-order valence-electron chi connectivity index (χ1n) is 6.08. The van der Waals surface area contributed by atoms with E-state index < -0.39 is 0 Å². The van der Waals surface area contributed by atoms with Gasteiger partial charge in [-0.25, -0.2) is 4.79 Å². The molecule has 0 unspecified atom stereocenters. The molecule has 0 radical (unpaired) electrons. The van der Waals surface area contributed by atoms with E-state index in [2.05, 4.69) is 31.1 Å². The number of nitrogens with one attached hydrogen (secondary N) is 1. The van der Waals surface area contributed by atoms with Gasteiger partial charge in [0.25, 0.3) is 0 Å². The second-order valence-corrected chi connectivity index (χ2v) is 4.66. The SMILES string of the molecule is CC(C)OC(=O)NCCCCN(C)C(C)C. The molecule has 0 atom stereocenters. The Morgan fingerprint density at radius 2 is 1.88 bits per heavy atom. The molecule has 0 fully saturated rings. The summed E-state index contributed by atoms with van der Waals surface area (Å²) >= 11 is 0. The fraction of sp³-hybridized carbons (Fsp3) is 0.917. The number of amides is 1. The standard InChI is InChI=1S/C12H26N2O2/c1-10(2)14(5)9-7-6-8-13-12(15)16-11(3)4/h10-11H,6-9H2,1-5H3,(H,13,15). The molecule has 0 aromatic carbocycles. The highest BCUT2D eigenvalue weighted by molar-refractivity contribution is 5.67. The van der Waals surface area contributed by atoms with Crippen molar-refractivity contribution in [2.45, 2.75) is 52.7 Å². The molecule has 0 aliphatic heterocycles. The van der Waals surface area contributed by atoms with Crippen LogP contribution in [0.5, 0.6) is 0 Å². The van der Waals surface area contributed by atoms with Crippen LogP contribution in [0.25, 0.3) is 0 Å². The largest absolute Gasteiger partial charge is 0.447 e. The zero-order valence-electron chi connectivity index (χ0n) is 11.2. The van der Waals surface area contributed by atoms with Crippen molar-refractivity contribution in [3.05, 3.63) is 0 Å². The number of rotatable bonds is 7. The van der Waals surface area contributed by atoms with Gasteiger partial charge in [-0.2, -0.15) is 0 Å². The molecule has 0 aliphatic carbocycles. The highest BCUT2D eigenvalue weighted by Crippen LogP contribution is 1.97. The van der Waals surface area contributed by atoms with Crippen LogP contribution in [0.4, 0.5) is 4.79 Å². The van der Waals surface area contributed by atoms with E-state index in [0.717, 1.165) is 19.4 Å². The molecule has 0 saturated heterocycles. The van der Waals surface area contributed by atoms with Crippen LogP contribution < -0.4 is 5.32 Å². The molecular weight excluding hydrogens is 204 g/mol. The number of nitrogens with zero attached hydrogens (tertiary/aromatic N) is 1. The molecule has 0 saturated carbocycles. The van der Waals surface area contributed by atoms with Gasteiger partial charge in [0.05, 0.1) is 6.10 Å². The molecule has 0 aromatic heterocycles.